The first kappa shape index (κ1) is 13.6. The minimum Gasteiger partial charge on any atom is -0.487 e. The summed E-state index contributed by atoms with van der Waals surface area (Å²) in [5.41, 5.74) is 3.89. The van der Waals surface area contributed by atoms with Crippen LogP contribution >= 0.6 is 0 Å². The molecule has 1 heterocycles. The van der Waals surface area contributed by atoms with Crippen LogP contribution in [0.25, 0.3) is 0 Å². The summed E-state index contributed by atoms with van der Waals surface area (Å²) < 4.78 is 7.82. The summed E-state index contributed by atoms with van der Waals surface area (Å²) in [4.78, 5) is 0. The second kappa shape index (κ2) is 5.89. The van der Waals surface area contributed by atoms with Gasteiger partial charge >= 0.3 is 0 Å². The number of aliphatic hydroxyl groups is 1. The van der Waals surface area contributed by atoms with E-state index in [2.05, 4.69) is 12.0 Å². The highest BCUT2D eigenvalue weighted by molar-refractivity contribution is 5.40. The average molecular weight is 260 g/mol. The third kappa shape index (κ3) is 2.96. The highest BCUT2D eigenvalue weighted by atomic mass is 16.5. The van der Waals surface area contributed by atoms with Gasteiger partial charge in [-0.2, -0.15) is 5.10 Å². The molecule has 0 amide bonds. The van der Waals surface area contributed by atoms with Crippen LogP contribution in [0.3, 0.4) is 0 Å². The van der Waals surface area contributed by atoms with Gasteiger partial charge in [0.1, 0.15) is 12.4 Å². The quantitative estimate of drug-likeness (QED) is 0.899. The molecule has 0 saturated carbocycles. The minimum absolute atomic E-state index is 0.0108. The van der Waals surface area contributed by atoms with E-state index >= 15 is 0 Å². The first-order chi connectivity index (χ1) is 9.15. The molecule has 1 aromatic carbocycles. The van der Waals surface area contributed by atoms with Gasteiger partial charge in [-0.15, -0.1) is 0 Å². The predicted molar refractivity (Wildman–Crippen MR) is 74.1 cm³/mol. The van der Waals surface area contributed by atoms with Crippen molar-refractivity contribution in [2.24, 2.45) is 0 Å². The maximum atomic E-state index is 9.35. The number of nitrogens with zero attached hydrogens (tertiary/aromatic N) is 2. The molecule has 1 N–H and O–H groups in total. The van der Waals surface area contributed by atoms with E-state index in [1.165, 1.54) is 0 Å². The zero-order chi connectivity index (χ0) is 13.8. The van der Waals surface area contributed by atoms with Gasteiger partial charge in [0.15, 0.2) is 0 Å². The fourth-order valence-corrected chi connectivity index (χ4v) is 2.18. The summed E-state index contributed by atoms with van der Waals surface area (Å²) in [5.74, 6) is 0.770. The molecule has 0 radical (unpaired) electrons. The molecule has 0 aliphatic rings. The molecular weight excluding hydrogens is 240 g/mol. The van der Waals surface area contributed by atoms with Crippen molar-refractivity contribution in [3.8, 4) is 5.75 Å². The molecule has 4 nitrogen and oxygen atoms in total. The van der Waals surface area contributed by atoms with Crippen molar-refractivity contribution in [1.82, 2.24) is 9.78 Å². The number of ether oxygens (including phenoxy) is 1. The van der Waals surface area contributed by atoms with E-state index in [1.807, 2.05) is 42.8 Å². The minimum atomic E-state index is -0.0108. The van der Waals surface area contributed by atoms with Gasteiger partial charge in [0.05, 0.1) is 18.0 Å². The summed E-state index contributed by atoms with van der Waals surface area (Å²) in [5, 5.41) is 13.7. The van der Waals surface area contributed by atoms with Crippen LogP contribution in [0.4, 0.5) is 0 Å². The second-order valence-corrected chi connectivity index (χ2v) is 4.60. The number of benzene rings is 1. The Labute approximate surface area is 113 Å². The Morgan fingerprint density at radius 3 is 2.79 bits per heavy atom. The van der Waals surface area contributed by atoms with Crippen LogP contribution in [-0.2, 0) is 19.8 Å². The Morgan fingerprint density at radius 2 is 2.11 bits per heavy atom. The zero-order valence-electron chi connectivity index (χ0n) is 11.7. The number of aliphatic hydroxyl groups excluding tert-OH is 1. The van der Waals surface area contributed by atoms with Crippen LogP contribution < -0.4 is 4.74 Å². The fraction of sp³-hybridized carbons (Fsp3) is 0.400. The highest BCUT2D eigenvalue weighted by Gasteiger charge is 2.09. The Balaban J connectivity index is 2.18. The van der Waals surface area contributed by atoms with Gasteiger partial charge in [-0.3, -0.25) is 4.68 Å². The van der Waals surface area contributed by atoms with Crippen LogP contribution in [0, 0.1) is 13.8 Å². The van der Waals surface area contributed by atoms with E-state index in [0.29, 0.717) is 6.61 Å². The SMILES string of the molecule is CCn1nc(C)cc1COc1c(C)cccc1CO. The number of aromatic nitrogens is 2. The monoisotopic (exact) mass is 260 g/mol. The largest absolute Gasteiger partial charge is 0.487 e. The number of rotatable bonds is 5. The van der Waals surface area contributed by atoms with Crippen molar-refractivity contribution >= 4 is 0 Å². The van der Waals surface area contributed by atoms with Crippen LogP contribution in [-0.4, -0.2) is 14.9 Å². The molecule has 0 aliphatic heterocycles. The zero-order valence-corrected chi connectivity index (χ0v) is 11.7. The van der Waals surface area contributed by atoms with Gasteiger partial charge in [0, 0.05) is 12.1 Å². The first-order valence-electron chi connectivity index (χ1n) is 6.51. The van der Waals surface area contributed by atoms with Crippen LogP contribution in [0.1, 0.15) is 29.4 Å². The third-order valence-electron chi connectivity index (χ3n) is 3.11. The van der Waals surface area contributed by atoms with Crippen molar-refractivity contribution < 1.29 is 9.84 Å². The standard InChI is InChI=1S/C15H20N2O2/c1-4-17-14(8-12(3)16-17)10-19-15-11(2)6-5-7-13(15)9-18/h5-8,18H,4,9-10H2,1-3H3. The summed E-state index contributed by atoms with van der Waals surface area (Å²) in [6, 6.07) is 7.82. The Bertz CT molecular complexity index is 561. The Kier molecular flexibility index (Phi) is 4.22. The van der Waals surface area contributed by atoms with Gasteiger partial charge in [0.25, 0.3) is 0 Å². The molecule has 2 aromatic rings. The number of hydrogen-bond donors (Lipinski definition) is 1. The Hall–Kier alpha value is -1.81. The lowest BCUT2D eigenvalue weighted by Crippen LogP contribution is -2.07. The normalized spacial score (nSPS) is 10.7. The third-order valence-corrected chi connectivity index (χ3v) is 3.11. The van der Waals surface area contributed by atoms with Gasteiger partial charge in [-0.1, -0.05) is 18.2 Å². The maximum Gasteiger partial charge on any atom is 0.130 e. The van der Waals surface area contributed by atoms with Crippen molar-refractivity contribution in [3.63, 3.8) is 0 Å². The van der Waals surface area contributed by atoms with Crippen LogP contribution in [0.2, 0.25) is 0 Å². The van der Waals surface area contributed by atoms with E-state index in [-0.39, 0.29) is 6.61 Å². The molecule has 0 fully saturated rings. The summed E-state index contributed by atoms with van der Waals surface area (Å²) in [6.07, 6.45) is 0. The van der Waals surface area contributed by atoms with Gasteiger partial charge in [-0.05, 0) is 32.4 Å². The van der Waals surface area contributed by atoms with E-state index in [4.69, 9.17) is 4.74 Å². The van der Waals surface area contributed by atoms with E-state index in [1.54, 1.807) is 0 Å². The molecule has 0 bridgehead atoms. The summed E-state index contributed by atoms with van der Waals surface area (Å²) in [7, 11) is 0. The van der Waals surface area contributed by atoms with E-state index in [0.717, 1.165) is 34.8 Å². The smallest absolute Gasteiger partial charge is 0.130 e. The van der Waals surface area contributed by atoms with Crippen molar-refractivity contribution in [3.05, 3.63) is 46.8 Å². The number of aryl methyl sites for hydroxylation is 3. The summed E-state index contributed by atoms with van der Waals surface area (Å²) >= 11 is 0. The first-order valence-corrected chi connectivity index (χ1v) is 6.51. The topological polar surface area (TPSA) is 47.3 Å². The lowest BCUT2D eigenvalue weighted by atomic mass is 10.1. The predicted octanol–water partition coefficient (Wildman–Crippen LogP) is 2.59. The number of para-hydroxylation sites is 1. The average Bonchev–Trinajstić information content (AvgIpc) is 2.77. The lowest BCUT2D eigenvalue weighted by molar-refractivity contribution is 0.253. The van der Waals surface area contributed by atoms with Gasteiger partial charge < -0.3 is 9.84 Å². The summed E-state index contributed by atoms with van der Waals surface area (Å²) in [6.45, 7) is 7.30. The highest BCUT2D eigenvalue weighted by Crippen LogP contribution is 2.24. The van der Waals surface area contributed by atoms with E-state index in [9.17, 15) is 5.11 Å². The van der Waals surface area contributed by atoms with Crippen molar-refractivity contribution in [2.75, 3.05) is 0 Å². The lowest BCUT2D eigenvalue weighted by Gasteiger charge is -2.13. The van der Waals surface area contributed by atoms with E-state index < -0.39 is 0 Å². The molecular formula is C15H20N2O2. The number of hydrogen-bond acceptors (Lipinski definition) is 3. The molecule has 19 heavy (non-hydrogen) atoms. The second-order valence-electron chi connectivity index (χ2n) is 4.60. The fourth-order valence-electron chi connectivity index (χ4n) is 2.18. The molecule has 102 valence electrons. The van der Waals surface area contributed by atoms with Gasteiger partial charge in [-0.25, -0.2) is 0 Å². The molecule has 0 atom stereocenters. The molecule has 0 spiro atoms. The van der Waals surface area contributed by atoms with Crippen LogP contribution in [0.5, 0.6) is 5.75 Å². The van der Waals surface area contributed by atoms with Crippen LogP contribution in [0.15, 0.2) is 24.3 Å². The Morgan fingerprint density at radius 1 is 1.32 bits per heavy atom. The molecule has 0 saturated heterocycles. The molecule has 0 unspecified atom stereocenters. The molecule has 2 rings (SSSR count). The van der Waals surface area contributed by atoms with Gasteiger partial charge in [0.2, 0.25) is 0 Å². The molecule has 0 aliphatic carbocycles. The van der Waals surface area contributed by atoms with Crippen molar-refractivity contribution in [2.45, 2.75) is 40.5 Å². The molecule has 4 heteroatoms. The van der Waals surface area contributed by atoms with Crippen molar-refractivity contribution in [1.29, 1.82) is 0 Å². The molecule has 1 aromatic heterocycles. The maximum absolute atomic E-state index is 9.35.